The maximum atomic E-state index is 4.47. The molecule has 0 radical (unpaired) electrons. The summed E-state index contributed by atoms with van der Waals surface area (Å²) in [5.74, 6) is 1.16. The summed E-state index contributed by atoms with van der Waals surface area (Å²) in [6, 6.07) is 4.79. The molecule has 3 rings (SSSR count). The number of aromatic nitrogens is 1. The topological polar surface area (TPSA) is 28.2 Å². The minimum Gasteiger partial charge on any atom is -0.380 e. The van der Waals surface area contributed by atoms with Gasteiger partial charge in [-0.3, -0.25) is 0 Å². The molecule has 3 heterocycles. The van der Waals surface area contributed by atoms with Crippen molar-refractivity contribution < 1.29 is 0 Å². The SMILES string of the molecule is c1cnc2c(c1)NCC1CCCCN21. The summed E-state index contributed by atoms with van der Waals surface area (Å²) >= 11 is 0. The van der Waals surface area contributed by atoms with Crippen LogP contribution in [0.1, 0.15) is 19.3 Å². The second-order valence-electron chi connectivity index (χ2n) is 4.10. The maximum absolute atomic E-state index is 4.47. The summed E-state index contributed by atoms with van der Waals surface area (Å²) in [5, 5.41) is 3.46. The van der Waals surface area contributed by atoms with Crippen molar-refractivity contribution in [2.45, 2.75) is 25.3 Å². The van der Waals surface area contributed by atoms with Gasteiger partial charge in [0.2, 0.25) is 0 Å². The normalized spacial score (nSPS) is 24.9. The third-order valence-electron chi connectivity index (χ3n) is 3.21. The van der Waals surface area contributed by atoms with Crippen LogP contribution in [-0.2, 0) is 0 Å². The lowest BCUT2D eigenvalue weighted by atomic mass is 10.00. The highest BCUT2D eigenvalue weighted by Gasteiger charge is 2.28. The number of piperidine rings is 1. The largest absolute Gasteiger partial charge is 0.380 e. The van der Waals surface area contributed by atoms with E-state index in [9.17, 15) is 0 Å². The number of nitrogens with zero attached hydrogens (tertiary/aromatic N) is 2. The molecule has 1 N–H and O–H groups in total. The number of anilines is 2. The highest BCUT2D eigenvalue weighted by atomic mass is 15.3. The van der Waals surface area contributed by atoms with Crippen LogP contribution in [0.3, 0.4) is 0 Å². The molecule has 14 heavy (non-hydrogen) atoms. The summed E-state index contributed by atoms with van der Waals surface area (Å²) in [4.78, 5) is 6.93. The van der Waals surface area contributed by atoms with Gasteiger partial charge in [0.15, 0.2) is 5.82 Å². The molecule has 1 saturated heterocycles. The lowest BCUT2D eigenvalue weighted by molar-refractivity contribution is 0.462. The van der Waals surface area contributed by atoms with E-state index < -0.39 is 0 Å². The number of fused-ring (bicyclic) bond motifs is 3. The standard InChI is InChI=1S/C11H15N3/c1-2-7-14-9(4-1)8-13-10-5-3-6-12-11(10)14/h3,5-6,9,13H,1-2,4,7-8H2. The predicted molar refractivity (Wildman–Crippen MR) is 57.7 cm³/mol. The molecule has 3 heteroatoms. The Hall–Kier alpha value is -1.25. The van der Waals surface area contributed by atoms with Crippen molar-refractivity contribution in [3.63, 3.8) is 0 Å². The molecule has 1 unspecified atom stereocenters. The Kier molecular flexibility index (Phi) is 1.82. The number of hydrogen-bond acceptors (Lipinski definition) is 3. The van der Waals surface area contributed by atoms with Crippen molar-refractivity contribution in [2.24, 2.45) is 0 Å². The fourth-order valence-corrected chi connectivity index (χ4v) is 2.48. The van der Waals surface area contributed by atoms with Gasteiger partial charge in [-0.05, 0) is 31.4 Å². The molecular weight excluding hydrogens is 174 g/mol. The molecule has 0 aromatic carbocycles. The molecule has 0 bridgehead atoms. The van der Waals surface area contributed by atoms with Crippen LogP contribution < -0.4 is 10.2 Å². The molecular formula is C11H15N3. The van der Waals surface area contributed by atoms with Gasteiger partial charge in [0, 0.05) is 25.3 Å². The first-order chi connectivity index (χ1) is 6.95. The van der Waals surface area contributed by atoms with Crippen molar-refractivity contribution in [1.82, 2.24) is 4.98 Å². The fourth-order valence-electron chi connectivity index (χ4n) is 2.48. The second kappa shape index (κ2) is 3.15. The maximum Gasteiger partial charge on any atom is 0.152 e. The average Bonchev–Trinajstić information content (AvgIpc) is 2.29. The van der Waals surface area contributed by atoms with E-state index in [0.29, 0.717) is 6.04 Å². The molecule has 0 spiro atoms. The van der Waals surface area contributed by atoms with E-state index in [1.807, 2.05) is 12.3 Å². The van der Waals surface area contributed by atoms with E-state index >= 15 is 0 Å². The van der Waals surface area contributed by atoms with Crippen LogP contribution in [0.5, 0.6) is 0 Å². The molecule has 3 nitrogen and oxygen atoms in total. The van der Waals surface area contributed by atoms with E-state index in [2.05, 4.69) is 21.3 Å². The minimum atomic E-state index is 0.672. The Morgan fingerprint density at radius 2 is 2.43 bits per heavy atom. The van der Waals surface area contributed by atoms with Gasteiger partial charge >= 0.3 is 0 Å². The number of hydrogen-bond donors (Lipinski definition) is 1. The lowest BCUT2D eigenvalue weighted by Gasteiger charge is -2.41. The van der Waals surface area contributed by atoms with Crippen LogP contribution >= 0.6 is 0 Å². The Bertz CT molecular complexity index is 337. The molecule has 0 saturated carbocycles. The van der Waals surface area contributed by atoms with E-state index in [0.717, 1.165) is 12.4 Å². The summed E-state index contributed by atoms with van der Waals surface area (Å²) in [5.41, 5.74) is 1.20. The molecule has 0 aliphatic carbocycles. The van der Waals surface area contributed by atoms with Crippen LogP contribution in [0.2, 0.25) is 0 Å². The molecule has 2 aliphatic rings. The fraction of sp³-hybridized carbons (Fsp3) is 0.545. The summed E-state index contributed by atoms with van der Waals surface area (Å²) in [6.07, 6.45) is 5.87. The van der Waals surface area contributed by atoms with Gasteiger partial charge in [0.25, 0.3) is 0 Å². The zero-order chi connectivity index (χ0) is 9.38. The van der Waals surface area contributed by atoms with Gasteiger partial charge in [-0.15, -0.1) is 0 Å². The molecule has 2 aliphatic heterocycles. The van der Waals surface area contributed by atoms with Crippen LogP contribution in [0.25, 0.3) is 0 Å². The third-order valence-corrected chi connectivity index (χ3v) is 3.21. The first-order valence-electron chi connectivity index (χ1n) is 5.41. The highest BCUT2D eigenvalue weighted by molar-refractivity contribution is 5.68. The highest BCUT2D eigenvalue weighted by Crippen LogP contribution is 2.32. The summed E-state index contributed by atoms with van der Waals surface area (Å²) < 4.78 is 0. The van der Waals surface area contributed by atoms with E-state index in [-0.39, 0.29) is 0 Å². The Balaban J connectivity index is 1.99. The molecule has 1 fully saturated rings. The van der Waals surface area contributed by atoms with Gasteiger partial charge < -0.3 is 10.2 Å². The molecule has 1 aromatic heterocycles. The molecule has 1 atom stereocenters. The van der Waals surface area contributed by atoms with Crippen LogP contribution in [-0.4, -0.2) is 24.1 Å². The average molecular weight is 189 g/mol. The zero-order valence-corrected chi connectivity index (χ0v) is 8.24. The van der Waals surface area contributed by atoms with Gasteiger partial charge in [0.1, 0.15) is 0 Å². The number of pyridine rings is 1. The van der Waals surface area contributed by atoms with Gasteiger partial charge in [0.05, 0.1) is 5.69 Å². The second-order valence-corrected chi connectivity index (χ2v) is 4.10. The van der Waals surface area contributed by atoms with Crippen LogP contribution in [0.15, 0.2) is 18.3 Å². The van der Waals surface area contributed by atoms with Crippen molar-refractivity contribution >= 4 is 11.5 Å². The van der Waals surface area contributed by atoms with Gasteiger partial charge in [-0.2, -0.15) is 0 Å². The summed E-state index contributed by atoms with van der Waals surface area (Å²) in [6.45, 7) is 2.26. The number of nitrogens with one attached hydrogen (secondary N) is 1. The van der Waals surface area contributed by atoms with E-state index in [1.54, 1.807) is 0 Å². The van der Waals surface area contributed by atoms with Crippen molar-refractivity contribution in [1.29, 1.82) is 0 Å². The quantitative estimate of drug-likeness (QED) is 0.675. The van der Waals surface area contributed by atoms with Crippen molar-refractivity contribution in [2.75, 3.05) is 23.3 Å². The predicted octanol–water partition coefficient (Wildman–Crippen LogP) is 1.87. The molecule has 0 amide bonds. The van der Waals surface area contributed by atoms with Gasteiger partial charge in [-0.1, -0.05) is 0 Å². The first kappa shape index (κ1) is 8.09. The van der Waals surface area contributed by atoms with Gasteiger partial charge in [-0.25, -0.2) is 4.98 Å². The molecule has 1 aromatic rings. The van der Waals surface area contributed by atoms with Crippen LogP contribution in [0, 0.1) is 0 Å². The third kappa shape index (κ3) is 1.15. The zero-order valence-electron chi connectivity index (χ0n) is 8.24. The van der Waals surface area contributed by atoms with Crippen LogP contribution in [0.4, 0.5) is 11.5 Å². The van der Waals surface area contributed by atoms with E-state index in [1.165, 1.54) is 31.5 Å². The summed E-state index contributed by atoms with van der Waals surface area (Å²) in [7, 11) is 0. The smallest absolute Gasteiger partial charge is 0.152 e. The first-order valence-corrected chi connectivity index (χ1v) is 5.41. The van der Waals surface area contributed by atoms with Crippen molar-refractivity contribution in [3.05, 3.63) is 18.3 Å². The number of rotatable bonds is 0. The molecule has 74 valence electrons. The Morgan fingerprint density at radius 3 is 3.43 bits per heavy atom. The minimum absolute atomic E-state index is 0.672. The lowest BCUT2D eigenvalue weighted by Crippen LogP contribution is -2.47. The Labute approximate surface area is 84.1 Å². The Morgan fingerprint density at radius 1 is 1.43 bits per heavy atom. The monoisotopic (exact) mass is 189 g/mol. The van der Waals surface area contributed by atoms with Crippen molar-refractivity contribution in [3.8, 4) is 0 Å². The van der Waals surface area contributed by atoms with E-state index in [4.69, 9.17) is 0 Å².